The van der Waals surface area contributed by atoms with Crippen molar-refractivity contribution in [3.8, 4) is 5.75 Å². The first-order valence-electron chi connectivity index (χ1n) is 8.08. The van der Waals surface area contributed by atoms with Crippen LogP contribution < -0.4 is 10.1 Å². The van der Waals surface area contributed by atoms with Crippen molar-refractivity contribution in [3.05, 3.63) is 53.5 Å². The van der Waals surface area contributed by atoms with Crippen molar-refractivity contribution >= 4 is 5.91 Å². The number of hydrogen-bond donors (Lipinski definition) is 2. The number of nitrogens with one attached hydrogen (secondary N) is 1. The van der Waals surface area contributed by atoms with Gasteiger partial charge >= 0.3 is 0 Å². The van der Waals surface area contributed by atoms with E-state index in [1.807, 2.05) is 45.0 Å². The number of aryl methyl sites for hydroxylation is 1. The Morgan fingerprint density at radius 1 is 1.33 bits per heavy atom. The van der Waals surface area contributed by atoms with Gasteiger partial charge in [0, 0.05) is 0 Å². The van der Waals surface area contributed by atoms with E-state index in [1.54, 1.807) is 19.1 Å². The largest absolute Gasteiger partial charge is 0.491 e. The third kappa shape index (κ3) is 5.13. The maximum absolute atomic E-state index is 12.1. The molecule has 0 saturated carbocycles. The number of hydrogen-bond acceptors (Lipinski definition) is 4. The van der Waals surface area contributed by atoms with E-state index in [1.165, 1.54) is 0 Å². The topological polar surface area (TPSA) is 71.7 Å². The second kappa shape index (κ2) is 7.53. The summed E-state index contributed by atoms with van der Waals surface area (Å²) in [5.74, 6) is 1.74. The Kier molecular flexibility index (Phi) is 5.67. The van der Waals surface area contributed by atoms with Gasteiger partial charge in [0.2, 0.25) is 5.91 Å². The quantitative estimate of drug-likeness (QED) is 0.818. The number of rotatable bonds is 7. The van der Waals surface area contributed by atoms with E-state index < -0.39 is 5.60 Å². The fourth-order valence-electron chi connectivity index (χ4n) is 2.33. The molecule has 0 saturated heterocycles. The monoisotopic (exact) mass is 331 g/mol. The number of carbonyl (C=O) groups excluding carboxylic acids is 1. The van der Waals surface area contributed by atoms with E-state index in [-0.39, 0.29) is 25.0 Å². The van der Waals surface area contributed by atoms with Crippen LogP contribution in [0.2, 0.25) is 0 Å². The van der Waals surface area contributed by atoms with E-state index in [9.17, 15) is 9.90 Å². The minimum Gasteiger partial charge on any atom is -0.491 e. The van der Waals surface area contributed by atoms with Gasteiger partial charge in [-0.25, -0.2) is 0 Å². The minimum absolute atomic E-state index is 0.0842. The van der Waals surface area contributed by atoms with Crippen LogP contribution in [0.3, 0.4) is 0 Å². The van der Waals surface area contributed by atoms with Crippen LogP contribution in [0.4, 0.5) is 0 Å². The second-order valence-corrected chi connectivity index (χ2v) is 6.45. The van der Waals surface area contributed by atoms with Gasteiger partial charge in [-0.15, -0.1) is 0 Å². The van der Waals surface area contributed by atoms with Crippen molar-refractivity contribution in [3.63, 3.8) is 0 Å². The lowest BCUT2D eigenvalue weighted by molar-refractivity contribution is -0.121. The highest BCUT2D eigenvalue weighted by Gasteiger charge is 2.27. The molecule has 130 valence electrons. The molecule has 1 unspecified atom stereocenters. The summed E-state index contributed by atoms with van der Waals surface area (Å²) in [6.07, 6.45) is 0.309. The van der Waals surface area contributed by atoms with Crippen LogP contribution in [0.25, 0.3) is 0 Å². The fraction of sp³-hybridized carbons (Fsp3) is 0.421. The Morgan fingerprint density at radius 3 is 2.71 bits per heavy atom. The number of carbonyl (C=O) groups is 1. The van der Waals surface area contributed by atoms with Crippen molar-refractivity contribution in [2.75, 3.05) is 6.54 Å². The van der Waals surface area contributed by atoms with Crippen LogP contribution in [-0.4, -0.2) is 23.7 Å². The molecule has 0 aliphatic rings. The minimum atomic E-state index is -1.24. The number of benzene rings is 1. The molecule has 0 aliphatic heterocycles. The molecule has 1 amide bonds. The van der Waals surface area contributed by atoms with Crippen molar-refractivity contribution in [2.45, 2.75) is 45.8 Å². The Hall–Kier alpha value is -2.27. The van der Waals surface area contributed by atoms with Gasteiger partial charge in [0.25, 0.3) is 0 Å². The van der Waals surface area contributed by atoms with E-state index in [4.69, 9.17) is 9.15 Å². The molecule has 1 aromatic carbocycles. The molecule has 2 aromatic rings. The van der Waals surface area contributed by atoms with Gasteiger partial charge in [-0.3, -0.25) is 4.79 Å². The Labute approximate surface area is 142 Å². The summed E-state index contributed by atoms with van der Waals surface area (Å²) in [5.41, 5.74) is -0.383. The number of aliphatic hydroxyl groups is 1. The van der Waals surface area contributed by atoms with E-state index in [0.29, 0.717) is 5.76 Å². The fourth-order valence-corrected chi connectivity index (χ4v) is 2.33. The molecule has 1 heterocycles. The van der Waals surface area contributed by atoms with Crippen LogP contribution in [0.5, 0.6) is 5.75 Å². The molecule has 1 atom stereocenters. The van der Waals surface area contributed by atoms with Crippen LogP contribution in [-0.2, 0) is 16.8 Å². The van der Waals surface area contributed by atoms with Gasteiger partial charge in [-0.1, -0.05) is 12.1 Å². The van der Waals surface area contributed by atoms with Gasteiger partial charge in [0.15, 0.2) is 0 Å². The molecule has 0 bridgehead atoms. The summed E-state index contributed by atoms with van der Waals surface area (Å²) in [4.78, 5) is 12.1. The second-order valence-electron chi connectivity index (χ2n) is 6.45. The molecule has 0 aliphatic carbocycles. The molecular weight excluding hydrogens is 306 g/mol. The predicted molar refractivity (Wildman–Crippen MR) is 91.9 cm³/mol. The van der Waals surface area contributed by atoms with Crippen molar-refractivity contribution in [2.24, 2.45) is 0 Å². The highest BCUT2D eigenvalue weighted by Crippen LogP contribution is 2.22. The van der Waals surface area contributed by atoms with E-state index in [2.05, 4.69) is 5.32 Å². The van der Waals surface area contributed by atoms with Crippen molar-refractivity contribution < 1.29 is 19.1 Å². The first-order chi connectivity index (χ1) is 11.3. The van der Waals surface area contributed by atoms with Crippen LogP contribution in [0, 0.1) is 6.92 Å². The molecule has 2 N–H and O–H groups in total. The maximum Gasteiger partial charge on any atom is 0.224 e. The van der Waals surface area contributed by atoms with Crippen molar-refractivity contribution in [1.82, 2.24) is 5.32 Å². The van der Waals surface area contributed by atoms with Crippen molar-refractivity contribution in [1.29, 1.82) is 0 Å². The molecule has 1 aromatic heterocycles. The van der Waals surface area contributed by atoms with E-state index >= 15 is 0 Å². The van der Waals surface area contributed by atoms with Crippen LogP contribution in [0.15, 0.2) is 40.8 Å². The number of amides is 1. The third-order valence-electron chi connectivity index (χ3n) is 3.54. The first kappa shape index (κ1) is 18.1. The zero-order valence-electron chi connectivity index (χ0n) is 14.6. The maximum atomic E-state index is 12.1. The van der Waals surface area contributed by atoms with Gasteiger partial charge in [0.05, 0.1) is 19.1 Å². The van der Waals surface area contributed by atoms with Crippen LogP contribution >= 0.6 is 0 Å². The van der Waals surface area contributed by atoms with E-state index in [0.717, 1.165) is 17.1 Å². The molecule has 0 spiro atoms. The first-order valence-corrected chi connectivity index (χ1v) is 8.08. The summed E-state index contributed by atoms with van der Waals surface area (Å²) < 4.78 is 11.1. The average Bonchev–Trinajstić information content (AvgIpc) is 2.92. The van der Waals surface area contributed by atoms with Crippen LogP contribution in [0.1, 0.15) is 37.9 Å². The summed E-state index contributed by atoms with van der Waals surface area (Å²) in [7, 11) is 0. The average molecular weight is 331 g/mol. The lowest BCUT2D eigenvalue weighted by atomic mass is 10.0. The highest BCUT2D eigenvalue weighted by molar-refractivity contribution is 5.78. The van der Waals surface area contributed by atoms with Gasteiger partial charge in [-0.05, 0) is 57.5 Å². The van der Waals surface area contributed by atoms with Gasteiger partial charge in [0.1, 0.15) is 22.9 Å². The molecule has 5 heteroatoms. The van der Waals surface area contributed by atoms with Gasteiger partial charge < -0.3 is 19.6 Å². The smallest absolute Gasteiger partial charge is 0.224 e. The molecule has 24 heavy (non-hydrogen) atoms. The number of ether oxygens (including phenoxy) is 1. The zero-order valence-corrected chi connectivity index (χ0v) is 14.6. The summed E-state index contributed by atoms with van der Waals surface area (Å²) in [6, 6.07) is 11.0. The lowest BCUT2D eigenvalue weighted by Crippen LogP contribution is -2.39. The standard InChI is InChI=1S/C19H25NO4/c1-13(2)23-16-7-5-6-15(10-16)11-18(21)20-12-19(4,22)17-9-8-14(3)24-17/h5-10,13,22H,11-12H2,1-4H3,(H,20,21). The summed E-state index contributed by atoms with van der Waals surface area (Å²) in [5, 5.41) is 13.2. The molecule has 0 radical (unpaired) electrons. The van der Waals surface area contributed by atoms with Gasteiger partial charge in [-0.2, -0.15) is 0 Å². The predicted octanol–water partition coefficient (Wildman–Crippen LogP) is 2.94. The third-order valence-corrected chi connectivity index (χ3v) is 3.54. The Balaban J connectivity index is 1.91. The SMILES string of the molecule is Cc1ccc(C(C)(O)CNC(=O)Cc2cccc(OC(C)C)c2)o1. The highest BCUT2D eigenvalue weighted by atomic mass is 16.5. The summed E-state index contributed by atoms with van der Waals surface area (Å²) >= 11 is 0. The normalized spacial score (nSPS) is 13.6. The zero-order chi connectivity index (χ0) is 17.7. The molecule has 5 nitrogen and oxygen atoms in total. The molecule has 2 rings (SSSR count). The Morgan fingerprint density at radius 2 is 2.08 bits per heavy atom. The summed E-state index contributed by atoms with van der Waals surface area (Å²) in [6.45, 7) is 7.42. The number of furan rings is 1. The molecule has 0 fully saturated rings. The lowest BCUT2D eigenvalue weighted by Gasteiger charge is -2.21. The molecular formula is C19H25NO4. The Bertz CT molecular complexity index is 688.